The molecule has 7 nitrogen and oxygen atoms in total. The van der Waals surface area contributed by atoms with E-state index in [1.165, 1.54) is 11.1 Å². The molecule has 7 heteroatoms. The van der Waals surface area contributed by atoms with Crippen LogP contribution in [-0.2, 0) is 14.3 Å². The Morgan fingerprint density at radius 3 is 2.34 bits per heavy atom. The van der Waals surface area contributed by atoms with E-state index >= 15 is 0 Å². The highest BCUT2D eigenvalue weighted by molar-refractivity contribution is 5.85. The summed E-state index contributed by atoms with van der Waals surface area (Å²) in [5.41, 5.74) is 3.90. The van der Waals surface area contributed by atoms with E-state index in [2.05, 4.69) is 29.6 Å². The SMILES string of the molecule is CC1(C(=O)N2CCCC2CC(=O)O)CCCC1NC(=O)OCC1c2ccccc2-c2ccccc21. The quantitative estimate of drug-likeness (QED) is 0.638. The first kappa shape index (κ1) is 23.4. The van der Waals surface area contributed by atoms with Crippen molar-refractivity contribution >= 4 is 18.0 Å². The average molecular weight is 477 g/mol. The molecular weight excluding hydrogens is 444 g/mol. The van der Waals surface area contributed by atoms with Crippen LogP contribution in [0.3, 0.4) is 0 Å². The minimum Gasteiger partial charge on any atom is -0.481 e. The molecule has 3 atom stereocenters. The van der Waals surface area contributed by atoms with E-state index in [9.17, 15) is 19.5 Å². The van der Waals surface area contributed by atoms with Crippen LogP contribution in [0.4, 0.5) is 4.79 Å². The van der Waals surface area contributed by atoms with Crippen LogP contribution in [0, 0.1) is 5.41 Å². The van der Waals surface area contributed by atoms with Crippen molar-refractivity contribution in [2.45, 2.75) is 63.5 Å². The highest BCUT2D eigenvalue weighted by atomic mass is 16.5. The second-order valence-corrected chi connectivity index (χ2v) is 10.2. The largest absolute Gasteiger partial charge is 0.481 e. The van der Waals surface area contributed by atoms with E-state index in [-0.39, 0.29) is 36.9 Å². The van der Waals surface area contributed by atoms with Crippen molar-refractivity contribution in [2.24, 2.45) is 5.41 Å². The van der Waals surface area contributed by atoms with E-state index in [0.717, 1.165) is 24.0 Å². The monoisotopic (exact) mass is 476 g/mol. The number of carboxylic acids is 1. The summed E-state index contributed by atoms with van der Waals surface area (Å²) in [6.07, 6.45) is 3.16. The molecule has 2 aromatic carbocycles. The molecule has 184 valence electrons. The van der Waals surface area contributed by atoms with E-state index < -0.39 is 17.5 Å². The molecule has 2 aromatic rings. The molecule has 1 aliphatic heterocycles. The lowest BCUT2D eigenvalue weighted by Crippen LogP contribution is -2.53. The number of amides is 2. The lowest BCUT2D eigenvalue weighted by Gasteiger charge is -2.36. The van der Waals surface area contributed by atoms with Crippen LogP contribution >= 0.6 is 0 Å². The van der Waals surface area contributed by atoms with Crippen molar-refractivity contribution in [2.75, 3.05) is 13.2 Å². The van der Waals surface area contributed by atoms with Gasteiger partial charge in [0.15, 0.2) is 0 Å². The smallest absolute Gasteiger partial charge is 0.407 e. The fraction of sp³-hybridized carbons (Fsp3) is 0.464. The molecule has 35 heavy (non-hydrogen) atoms. The van der Waals surface area contributed by atoms with E-state index in [1.807, 2.05) is 31.2 Å². The maximum atomic E-state index is 13.5. The zero-order valence-corrected chi connectivity index (χ0v) is 20.0. The van der Waals surface area contributed by atoms with Crippen molar-refractivity contribution in [3.8, 4) is 11.1 Å². The molecular formula is C28H32N2O5. The molecule has 1 saturated heterocycles. The van der Waals surface area contributed by atoms with Gasteiger partial charge in [0.25, 0.3) is 0 Å². The van der Waals surface area contributed by atoms with Crippen LogP contribution in [0.5, 0.6) is 0 Å². The third-order valence-corrected chi connectivity index (χ3v) is 8.13. The number of carboxylic acid groups (broad SMARTS) is 1. The minimum atomic E-state index is -0.889. The Hall–Kier alpha value is -3.35. The highest BCUT2D eigenvalue weighted by Gasteiger charge is 2.49. The zero-order valence-electron chi connectivity index (χ0n) is 20.0. The number of benzene rings is 2. The Morgan fingerprint density at radius 1 is 1.03 bits per heavy atom. The highest BCUT2D eigenvalue weighted by Crippen LogP contribution is 2.45. The number of carbonyl (C=O) groups is 3. The number of alkyl carbamates (subject to hydrolysis) is 1. The van der Waals surface area contributed by atoms with Crippen molar-refractivity contribution in [1.82, 2.24) is 10.2 Å². The number of hydrogen-bond acceptors (Lipinski definition) is 4. The van der Waals surface area contributed by atoms with Gasteiger partial charge in [-0.05, 0) is 54.9 Å². The second kappa shape index (κ2) is 9.36. The molecule has 0 aromatic heterocycles. The maximum Gasteiger partial charge on any atom is 0.407 e. The Bertz CT molecular complexity index is 1100. The van der Waals surface area contributed by atoms with Crippen molar-refractivity contribution in [3.63, 3.8) is 0 Å². The molecule has 3 aliphatic rings. The summed E-state index contributed by atoms with van der Waals surface area (Å²) in [7, 11) is 0. The molecule has 0 spiro atoms. The Kier molecular flexibility index (Phi) is 6.26. The summed E-state index contributed by atoms with van der Waals surface area (Å²) in [5.74, 6) is -0.964. The molecule has 1 heterocycles. The minimum absolute atomic E-state index is 0.0221. The molecule has 2 fully saturated rings. The van der Waals surface area contributed by atoms with Crippen molar-refractivity contribution < 1.29 is 24.2 Å². The van der Waals surface area contributed by atoms with E-state index in [4.69, 9.17) is 4.74 Å². The third kappa shape index (κ3) is 4.28. The number of rotatable bonds is 6. The van der Waals surface area contributed by atoms with Gasteiger partial charge >= 0.3 is 12.1 Å². The van der Waals surface area contributed by atoms with Crippen LogP contribution < -0.4 is 5.32 Å². The van der Waals surface area contributed by atoms with Gasteiger partial charge in [-0.25, -0.2) is 4.79 Å². The topological polar surface area (TPSA) is 95.9 Å². The molecule has 2 N–H and O–H groups in total. The number of likely N-dealkylation sites (tertiary alicyclic amines) is 1. The van der Waals surface area contributed by atoms with Crippen LogP contribution in [0.25, 0.3) is 11.1 Å². The Labute approximate surface area is 205 Å². The summed E-state index contributed by atoms with van der Waals surface area (Å²) in [4.78, 5) is 39.4. The Morgan fingerprint density at radius 2 is 1.69 bits per heavy atom. The number of hydrogen-bond donors (Lipinski definition) is 2. The number of nitrogens with one attached hydrogen (secondary N) is 1. The summed E-state index contributed by atoms with van der Waals surface area (Å²) in [6.45, 7) is 2.70. The maximum absolute atomic E-state index is 13.5. The van der Waals surface area contributed by atoms with Gasteiger partial charge in [0.1, 0.15) is 6.61 Å². The first-order chi connectivity index (χ1) is 16.9. The Balaban J connectivity index is 1.25. The predicted molar refractivity (Wildman–Crippen MR) is 131 cm³/mol. The lowest BCUT2D eigenvalue weighted by atomic mass is 9.82. The second-order valence-electron chi connectivity index (χ2n) is 10.2. The molecule has 1 saturated carbocycles. The normalized spacial score (nSPS) is 25.2. The summed E-state index contributed by atoms with van der Waals surface area (Å²) < 4.78 is 5.72. The lowest BCUT2D eigenvalue weighted by molar-refractivity contribution is -0.145. The number of nitrogens with zero attached hydrogens (tertiary/aromatic N) is 1. The average Bonchev–Trinajstić information content (AvgIpc) is 3.54. The van der Waals surface area contributed by atoms with Crippen molar-refractivity contribution in [3.05, 3.63) is 59.7 Å². The first-order valence-corrected chi connectivity index (χ1v) is 12.5. The fourth-order valence-electron chi connectivity index (χ4n) is 6.28. The zero-order chi connectivity index (χ0) is 24.6. The van der Waals surface area contributed by atoms with Crippen molar-refractivity contribution in [1.29, 1.82) is 0 Å². The number of carbonyl (C=O) groups excluding carboxylic acids is 2. The number of ether oxygens (including phenoxy) is 1. The van der Waals surface area contributed by atoms with Crippen LogP contribution in [-0.4, -0.2) is 53.2 Å². The number of aliphatic carboxylic acids is 1. The van der Waals surface area contributed by atoms with Crippen LogP contribution in [0.2, 0.25) is 0 Å². The summed E-state index contributed by atoms with van der Waals surface area (Å²) >= 11 is 0. The number of fused-ring (bicyclic) bond motifs is 3. The molecule has 3 unspecified atom stereocenters. The van der Waals surface area contributed by atoms with Gasteiger partial charge in [0.2, 0.25) is 5.91 Å². The van der Waals surface area contributed by atoms with Gasteiger partial charge in [0.05, 0.1) is 11.8 Å². The fourth-order valence-corrected chi connectivity index (χ4v) is 6.28. The van der Waals surface area contributed by atoms with E-state index in [1.54, 1.807) is 4.90 Å². The first-order valence-electron chi connectivity index (χ1n) is 12.5. The van der Waals surface area contributed by atoms with Gasteiger partial charge in [-0.1, -0.05) is 55.0 Å². The third-order valence-electron chi connectivity index (χ3n) is 8.13. The van der Waals surface area contributed by atoms with Gasteiger partial charge in [0, 0.05) is 24.5 Å². The van der Waals surface area contributed by atoms with E-state index in [0.29, 0.717) is 25.8 Å². The standard InChI is InChI=1S/C28H32N2O5/c1-28(26(33)30-15-7-8-18(30)16-25(31)32)14-6-13-24(28)29-27(34)35-17-23-21-11-4-2-9-19(21)20-10-3-5-12-22(20)23/h2-5,9-12,18,23-24H,6-8,13-17H2,1H3,(H,29,34)(H,31,32). The van der Waals surface area contributed by atoms with Crippen LogP contribution in [0.1, 0.15) is 62.5 Å². The van der Waals surface area contributed by atoms with Gasteiger partial charge in [-0.15, -0.1) is 0 Å². The van der Waals surface area contributed by atoms with Gasteiger partial charge < -0.3 is 20.1 Å². The predicted octanol–water partition coefficient (Wildman–Crippen LogP) is 4.55. The van der Waals surface area contributed by atoms with Gasteiger partial charge in [-0.3, -0.25) is 9.59 Å². The molecule has 5 rings (SSSR count). The summed E-state index contributed by atoms with van der Waals surface area (Å²) in [5, 5.41) is 12.2. The molecule has 2 aliphatic carbocycles. The molecule has 2 amide bonds. The van der Waals surface area contributed by atoms with Gasteiger partial charge in [-0.2, -0.15) is 0 Å². The molecule has 0 radical (unpaired) electrons. The summed E-state index contributed by atoms with van der Waals surface area (Å²) in [6, 6.07) is 15.8. The van der Waals surface area contributed by atoms with Crippen LogP contribution in [0.15, 0.2) is 48.5 Å². The molecule has 0 bridgehead atoms.